The van der Waals surface area contributed by atoms with E-state index in [1.54, 1.807) is 0 Å². The van der Waals surface area contributed by atoms with Crippen molar-refractivity contribution in [3.8, 4) is 0 Å². The molecule has 0 aromatic heterocycles. The Morgan fingerprint density at radius 2 is 1.09 bits per heavy atom. The Hall–Kier alpha value is -2.72. The quantitative estimate of drug-likeness (QED) is 0.190. The zero-order chi connectivity index (χ0) is 22.5. The Balaban J connectivity index is 1.67. The van der Waals surface area contributed by atoms with Gasteiger partial charge in [-0.15, -0.1) is 0 Å². The molecule has 0 heterocycles. The summed E-state index contributed by atoms with van der Waals surface area (Å²) in [5, 5.41) is 8.95. The van der Waals surface area contributed by atoms with Gasteiger partial charge in [-0.05, 0) is 35.1 Å². The minimum Gasteiger partial charge on any atom is -0.392 e. The summed E-state index contributed by atoms with van der Waals surface area (Å²) in [4.78, 5) is 0. The molecule has 3 rings (SSSR count). The van der Waals surface area contributed by atoms with Crippen molar-refractivity contribution in [1.82, 2.24) is 0 Å². The molecule has 168 valence electrons. The smallest absolute Gasteiger partial charge is 0.143 e. The van der Waals surface area contributed by atoms with Crippen molar-refractivity contribution in [2.24, 2.45) is 0 Å². The molecule has 0 radical (unpaired) electrons. The highest BCUT2D eigenvalue weighted by atomic mass is 16.5. The zero-order valence-corrected chi connectivity index (χ0v) is 18.8. The van der Waals surface area contributed by atoms with Crippen LogP contribution in [-0.2, 0) is 15.1 Å². The van der Waals surface area contributed by atoms with Gasteiger partial charge in [0.1, 0.15) is 5.60 Å². The van der Waals surface area contributed by atoms with Crippen LogP contribution in [0.4, 0.5) is 0 Å². The number of ether oxygens (including phenoxy) is 2. The normalized spacial score (nSPS) is 11.4. The highest BCUT2D eigenvalue weighted by Gasteiger charge is 2.37. The molecule has 0 saturated heterocycles. The van der Waals surface area contributed by atoms with E-state index in [1.165, 1.54) is 0 Å². The van der Waals surface area contributed by atoms with Gasteiger partial charge in [0.2, 0.25) is 0 Å². The maximum absolute atomic E-state index is 8.95. The van der Waals surface area contributed by atoms with E-state index in [-0.39, 0.29) is 6.61 Å². The third-order valence-corrected chi connectivity index (χ3v) is 5.57. The molecule has 1 N–H and O–H groups in total. The summed E-state index contributed by atoms with van der Waals surface area (Å²) < 4.78 is 12.3. The van der Waals surface area contributed by atoms with E-state index < -0.39 is 5.60 Å². The molecule has 0 unspecified atom stereocenters. The standard InChI is InChI=1S/C29H34O3/c1-25(23-30)24-31-21-13-2-3-14-22-32-29(26-15-7-4-8-16-26,27-17-9-5-10-18-27)28-19-11-6-12-20-28/h4-12,15-20,30H,1-3,13-14,21-24H2. The van der Waals surface area contributed by atoms with Gasteiger partial charge in [0, 0.05) is 13.2 Å². The zero-order valence-electron chi connectivity index (χ0n) is 18.8. The summed E-state index contributed by atoms with van der Waals surface area (Å²) >= 11 is 0. The molecule has 3 aromatic rings. The van der Waals surface area contributed by atoms with E-state index in [4.69, 9.17) is 14.6 Å². The third-order valence-electron chi connectivity index (χ3n) is 5.57. The van der Waals surface area contributed by atoms with Crippen molar-refractivity contribution >= 4 is 0 Å². The molecule has 0 amide bonds. The van der Waals surface area contributed by atoms with Crippen molar-refractivity contribution in [2.45, 2.75) is 31.3 Å². The summed E-state index contributed by atoms with van der Waals surface area (Å²) in [6.45, 7) is 5.53. The van der Waals surface area contributed by atoms with Crippen LogP contribution in [0.25, 0.3) is 0 Å². The lowest BCUT2D eigenvalue weighted by molar-refractivity contribution is 0.0104. The molecule has 0 aliphatic carbocycles. The van der Waals surface area contributed by atoms with Gasteiger partial charge in [0.05, 0.1) is 13.2 Å². The highest BCUT2D eigenvalue weighted by Crippen LogP contribution is 2.40. The van der Waals surface area contributed by atoms with Crippen LogP contribution in [-0.4, -0.2) is 31.5 Å². The molecule has 3 nitrogen and oxygen atoms in total. The van der Waals surface area contributed by atoms with Gasteiger partial charge in [0.25, 0.3) is 0 Å². The predicted octanol–water partition coefficient (Wildman–Crippen LogP) is 6.12. The second kappa shape index (κ2) is 13.0. The number of unbranched alkanes of at least 4 members (excludes halogenated alkanes) is 3. The van der Waals surface area contributed by atoms with Crippen molar-refractivity contribution in [2.75, 3.05) is 26.4 Å². The number of hydrogen-bond donors (Lipinski definition) is 1. The van der Waals surface area contributed by atoms with Gasteiger partial charge in [-0.2, -0.15) is 0 Å². The second-order valence-corrected chi connectivity index (χ2v) is 8.00. The number of aliphatic hydroxyl groups excluding tert-OH is 1. The summed E-state index contributed by atoms with van der Waals surface area (Å²) in [7, 11) is 0. The van der Waals surface area contributed by atoms with Gasteiger partial charge in [-0.3, -0.25) is 0 Å². The van der Waals surface area contributed by atoms with E-state index in [0.29, 0.717) is 19.8 Å². The fourth-order valence-electron chi connectivity index (χ4n) is 3.92. The lowest BCUT2D eigenvalue weighted by Crippen LogP contribution is -2.33. The molecule has 0 aliphatic rings. The molecule has 32 heavy (non-hydrogen) atoms. The Kier molecular flexibility index (Phi) is 9.70. The molecular formula is C29H34O3. The van der Waals surface area contributed by atoms with Gasteiger partial charge in [-0.1, -0.05) is 110 Å². The molecule has 0 spiro atoms. The number of rotatable bonds is 14. The van der Waals surface area contributed by atoms with Crippen LogP contribution in [0.2, 0.25) is 0 Å². The SMILES string of the molecule is C=C(CO)COCCCCCCOC(c1ccccc1)(c1ccccc1)c1ccccc1. The van der Waals surface area contributed by atoms with Crippen molar-refractivity contribution < 1.29 is 14.6 Å². The van der Waals surface area contributed by atoms with Crippen molar-refractivity contribution in [3.63, 3.8) is 0 Å². The number of hydrogen-bond acceptors (Lipinski definition) is 3. The van der Waals surface area contributed by atoms with E-state index in [0.717, 1.165) is 47.9 Å². The average molecular weight is 431 g/mol. The lowest BCUT2D eigenvalue weighted by Gasteiger charge is -2.36. The Morgan fingerprint density at radius 1 is 0.656 bits per heavy atom. The van der Waals surface area contributed by atoms with E-state index in [9.17, 15) is 0 Å². The van der Waals surface area contributed by atoms with Gasteiger partial charge in [-0.25, -0.2) is 0 Å². The van der Waals surface area contributed by atoms with Crippen LogP contribution < -0.4 is 0 Å². The monoisotopic (exact) mass is 430 g/mol. The maximum Gasteiger partial charge on any atom is 0.143 e. The van der Waals surface area contributed by atoms with Crippen LogP contribution in [0, 0.1) is 0 Å². The third kappa shape index (κ3) is 6.39. The Morgan fingerprint density at radius 3 is 1.53 bits per heavy atom. The lowest BCUT2D eigenvalue weighted by atomic mass is 9.80. The minimum atomic E-state index is -0.641. The average Bonchev–Trinajstić information content (AvgIpc) is 2.87. The molecule has 0 aliphatic heterocycles. The summed E-state index contributed by atoms with van der Waals surface area (Å²) in [6.07, 6.45) is 4.15. The largest absolute Gasteiger partial charge is 0.392 e. The molecular weight excluding hydrogens is 396 g/mol. The first-order valence-corrected chi connectivity index (χ1v) is 11.4. The molecule has 0 saturated carbocycles. The maximum atomic E-state index is 8.95. The first-order chi connectivity index (χ1) is 15.8. The molecule has 0 atom stereocenters. The Labute approximate surface area is 192 Å². The van der Waals surface area contributed by atoms with Crippen LogP contribution in [0.15, 0.2) is 103 Å². The summed E-state index contributed by atoms with van der Waals surface area (Å²) in [5.74, 6) is 0. The van der Waals surface area contributed by atoms with Crippen LogP contribution in [0.3, 0.4) is 0 Å². The summed E-state index contributed by atoms with van der Waals surface area (Å²) in [6, 6.07) is 31.5. The molecule has 0 fully saturated rings. The second-order valence-electron chi connectivity index (χ2n) is 8.00. The Bertz CT molecular complexity index is 810. The van der Waals surface area contributed by atoms with Gasteiger partial charge in [0.15, 0.2) is 0 Å². The van der Waals surface area contributed by atoms with Gasteiger partial charge >= 0.3 is 0 Å². The van der Waals surface area contributed by atoms with Crippen LogP contribution >= 0.6 is 0 Å². The fourth-order valence-corrected chi connectivity index (χ4v) is 3.92. The minimum absolute atomic E-state index is 0.0106. The van der Waals surface area contributed by atoms with E-state index in [2.05, 4.69) is 79.4 Å². The van der Waals surface area contributed by atoms with E-state index in [1.807, 2.05) is 18.2 Å². The molecule has 3 heteroatoms. The number of aliphatic hydroxyl groups is 1. The van der Waals surface area contributed by atoms with Crippen LogP contribution in [0.1, 0.15) is 42.4 Å². The first-order valence-electron chi connectivity index (χ1n) is 11.4. The highest BCUT2D eigenvalue weighted by molar-refractivity contribution is 5.47. The molecule has 0 bridgehead atoms. The van der Waals surface area contributed by atoms with E-state index >= 15 is 0 Å². The summed E-state index contributed by atoms with van der Waals surface area (Å²) in [5.41, 5.74) is 3.48. The predicted molar refractivity (Wildman–Crippen MR) is 131 cm³/mol. The van der Waals surface area contributed by atoms with Gasteiger partial charge < -0.3 is 14.6 Å². The first kappa shape index (κ1) is 23.9. The number of benzene rings is 3. The molecule has 3 aromatic carbocycles. The van der Waals surface area contributed by atoms with Crippen molar-refractivity contribution in [3.05, 3.63) is 120 Å². The topological polar surface area (TPSA) is 38.7 Å². The van der Waals surface area contributed by atoms with Crippen LogP contribution in [0.5, 0.6) is 0 Å². The fraction of sp³-hybridized carbons (Fsp3) is 0.310. The van der Waals surface area contributed by atoms with Crippen molar-refractivity contribution in [1.29, 1.82) is 0 Å².